The van der Waals surface area contributed by atoms with E-state index in [1.165, 1.54) is 7.11 Å². The van der Waals surface area contributed by atoms with Crippen molar-refractivity contribution in [1.82, 2.24) is 10.6 Å². The maximum Gasteiger partial charge on any atom is 0.309 e. The zero-order valence-electron chi connectivity index (χ0n) is 10.6. The predicted octanol–water partition coefficient (Wildman–Crippen LogP) is 0.454. The molecule has 0 heterocycles. The molecular formula is C13H18N2O3. The standard InChI is InChI=1S/C13H18N2O3/c1-10(9-18-2)15-13(17)12(16)14-8-11-6-4-3-5-7-11/h3-7,10H,8-9H2,1-2H3,(H,14,16)(H,15,17). The zero-order chi connectivity index (χ0) is 13.4. The van der Waals surface area contributed by atoms with Gasteiger partial charge in [-0.25, -0.2) is 0 Å². The van der Waals surface area contributed by atoms with E-state index in [0.717, 1.165) is 5.56 Å². The minimum atomic E-state index is -0.643. The van der Waals surface area contributed by atoms with Crippen molar-refractivity contribution in [2.75, 3.05) is 13.7 Å². The topological polar surface area (TPSA) is 67.4 Å². The number of benzene rings is 1. The highest BCUT2D eigenvalue weighted by Gasteiger charge is 2.15. The maximum absolute atomic E-state index is 11.5. The molecule has 0 radical (unpaired) electrons. The molecule has 0 saturated carbocycles. The molecule has 1 unspecified atom stereocenters. The average Bonchev–Trinajstić information content (AvgIpc) is 2.37. The highest BCUT2D eigenvalue weighted by molar-refractivity contribution is 6.35. The molecule has 0 aliphatic heterocycles. The van der Waals surface area contributed by atoms with Gasteiger partial charge < -0.3 is 15.4 Å². The molecule has 1 aromatic rings. The molecule has 2 N–H and O–H groups in total. The second-order valence-electron chi connectivity index (χ2n) is 4.00. The van der Waals surface area contributed by atoms with Gasteiger partial charge in [0.05, 0.1) is 6.61 Å². The molecule has 18 heavy (non-hydrogen) atoms. The number of methoxy groups -OCH3 is 1. The molecule has 1 atom stereocenters. The molecule has 0 aliphatic carbocycles. The van der Waals surface area contributed by atoms with Crippen molar-refractivity contribution in [2.45, 2.75) is 19.5 Å². The Bertz CT molecular complexity index is 392. The fourth-order valence-electron chi connectivity index (χ4n) is 1.44. The molecular weight excluding hydrogens is 232 g/mol. The Balaban J connectivity index is 2.34. The van der Waals surface area contributed by atoms with Gasteiger partial charge in [-0.15, -0.1) is 0 Å². The highest BCUT2D eigenvalue weighted by atomic mass is 16.5. The van der Waals surface area contributed by atoms with Crippen molar-refractivity contribution in [3.63, 3.8) is 0 Å². The van der Waals surface area contributed by atoms with E-state index in [1.54, 1.807) is 6.92 Å². The van der Waals surface area contributed by atoms with Crippen LogP contribution in [0.15, 0.2) is 30.3 Å². The van der Waals surface area contributed by atoms with Crippen LogP contribution in [0, 0.1) is 0 Å². The van der Waals surface area contributed by atoms with Crippen molar-refractivity contribution in [3.8, 4) is 0 Å². The van der Waals surface area contributed by atoms with Gasteiger partial charge in [0.1, 0.15) is 0 Å². The maximum atomic E-state index is 11.5. The minimum absolute atomic E-state index is 0.190. The Morgan fingerprint density at radius 1 is 1.22 bits per heavy atom. The molecule has 1 rings (SSSR count). The zero-order valence-corrected chi connectivity index (χ0v) is 10.6. The Hall–Kier alpha value is -1.88. The lowest BCUT2D eigenvalue weighted by Gasteiger charge is -2.12. The van der Waals surface area contributed by atoms with Crippen LogP contribution in [0.25, 0.3) is 0 Å². The second kappa shape index (κ2) is 7.45. The van der Waals surface area contributed by atoms with Gasteiger partial charge in [0.15, 0.2) is 0 Å². The lowest BCUT2D eigenvalue weighted by molar-refractivity contribution is -0.139. The summed E-state index contributed by atoms with van der Waals surface area (Å²) in [5, 5.41) is 5.10. The van der Waals surface area contributed by atoms with Gasteiger partial charge >= 0.3 is 11.8 Å². The molecule has 0 saturated heterocycles. The fraction of sp³-hybridized carbons (Fsp3) is 0.385. The number of hydrogen-bond donors (Lipinski definition) is 2. The van der Waals surface area contributed by atoms with E-state index in [0.29, 0.717) is 13.2 Å². The van der Waals surface area contributed by atoms with Crippen molar-refractivity contribution in [2.24, 2.45) is 0 Å². The average molecular weight is 250 g/mol. The molecule has 2 amide bonds. The Morgan fingerprint density at radius 2 is 1.89 bits per heavy atom. The summed E-state index contributed by atoms with van der Waals surface area (Å²) < 4.78 is 4.87. The first-order valence-corrected chi connectivity index (χ1v) is 5.75. The summed E-state index contributed by atoms with van der Waals surface area (Å²) in [6, 6.07) is 9.22. The van der Waals surface area contributed by atoms with E-state index >= 15 is 0 Å². The predicted molar refractivity (Wildman–Crippen MR) is 67.8 cm³/mol. The molecule has 5 heteroatoms. The molecule has 0 fully saturated rings. The molecule has 0 spiro atoms. The number of ether oxygens (including phenoxy) is 1. The van der Waals surface area contributed by atoms with E-state index in [4.69, 9.17) is 4.74 Å². The quantitative estimate of drug-likeness (QED) is 0.746. The summed E-state index contributed by atoms with van der Waals surface area (Å²) in [5.41, 5.74) is 0.948. The number of nitrogens with one attached hydrogen (secondary N) is 2. The Morgan fingerprint density at radius 3 is 2.50 bits per heavy atom. The van der Waals surface area contributed by atoms with E-state index in [2.05, 4.69) is 10.6 Å². The Kier molecular flexibility index (Phi) is 5.87. The van der Waals surface area contributed by atoms with Crippen LogP contribution in [0.4, 0.5) is 0 Å². The van der Waals surface area contributed by atoms with Crippen LogP contribution in [0.3, 0.4) is 0 Å². The van der Waals surface area contributed by atoms with E-state index in [-0.39, 0.29) is 6.04 Å². The van der Waals surface area contributed by atoms with Crippen molar-refractivity contribution in [3.05, 3.63) is 35.9 Å². The normalized spacial score (nSPS) is 11.7. The summed E-state index contributed by atoms with van der Waals surface area (Å²) >= 11 is 0. The highest BCUT2D eigenvalue weighted by Crippen LogP contribution is 1.96. The summed E-state index contributed by atoms with van der Waals surface area (Å²) in [7, 11) is 1.54. The van der Waals surface area contributed by atoms with Gasteiger partial charge in [0.25, 0.3) is 0 Å². The van der Waals surface area contributed by atoms with E-state index < -0.39 is 11.8 Å². The molecule has 0 aliphatic rings. The third kappa shape index (κ3) is 4.97. The fourth-order valence-corrected chi connectivity index (χ4v) is 1.44. The van der Waals surface area contributed by atoms with Crippen LogP contribution < -0.4 is 10.6 Å². The van der Waals surface area contributed by atoms with Crippen LogP contribution in [0.5, 0.6) is 0 Å². The number of carbonyl (C=O) groups excluding carboxylic acids is 2. The van der Waals surface area contributed by atoms with Gasteiger partial charge in [-0.1, -0.05) is 30.3 Å². The second-order valence-corrected chi connectivity index (χ2v) is 4.00. The van der Waals surface area contributed by atoms with Gasteiger partial charge in [0, 0.05) is 19.7 Å². The van der Waals surface area contributed by atoms with Crippen molar-refractivity contribution >= 4 is 11.8 Å². The summed E-state index contributed by atoms with van der Waals surface area (Å²) in [5.74, 6) is -1.28. The molecule has 98 valence electrons. The van der Waals surface area contributed by atoms with Gasteiger partial charge in [-0.3, -0.25) is 9.59 Å². The van der Waals surface area contributed by atoms with Crippen molar-refractivity contribution in [1.29, 1.82) is 0 Å². The third-order valence-corrected chi connectivity index (χ3v) is 2.30. The van der Waals surface area contributed by atoms with Crippen LogP contribution in [-0.2, 0) is 20.9 Å². The summed E-state index contributed by atoms with van der Waals surface area (Å²) in [6.07, 6.45) is 0. The minimum Gasteiger partial charge on any atom is -0.383 e. The SMILES string of the molecule is COCC(C)NC(=O)C(=O)NCc1ccccc1. The van der Waals surface area contributed by atoms with Gasteiger partial charge in [-0.05, 0) is 12.5 Å². The van der Waals surface area contributed by atoms with Gasteiger partial charge in [0.2, 0.25) is 0 Å². The Labute approximate surface area is 107 Å². The largest absolute Gasteiger partial charge is 0.383 e. The lowest BCUT2D eigenvalue weighted by Crippen LogP contribution is -2.44. The number of hydrogen-bond acceptors (Lipinski definition) is 3. The first-order valence-electron chi connectivity index (χ1n) is 5.75. The molecule has 0 bridgehead atoms. The lowest BCUT2D eigenvalue weighted by atomic mass is 10.2. The van der Waals surface area contributed by atoms with E-state index in [9.17, 15) is 9.59 Å². The molecule has 5 nitrogen and oxygen atoms in total. The summed E-state index contributed by atoms with van der Waals surface area (Å²) in [4.78, 5) is 23.0. The molecule has 0 aromatic heterocycles. The third-order valence-electron chi connectivity index (χ3n) is 2.30. The van der Waals surface area contributed by atoms with Crippen LogP contribution in [0.1, 0.15) is 12.5 Å². The monoisotopic (exact) mass is 250 g/mol. The molecule has 1 aromatic carbocycles. The van der Waals surface area contributed by atoms with Crippen LogP contribution in [0.2, 0.25) is 0 Å². The number of amides is 2. The van der Waals surface area contributed by atoms with Crippen LogP contribution >= 0.6 is 0 Å². The number of rotatable bonds is 5. The van der Waals surface area contributed by atoms with Crippen molar-refractivity contribution < 1.29 is 14.3 Å². The summed E-state index contributed by atoms with van der Waals surface area (Å²) in [6.45, 7) is 2.48. The first kappa shape index (κ1) is 14.2. The smallest absolute Gasteiger partial charge is 0.309 e. The van der Waals surface area contributed by atoms with Crippen LogP contribution in [-0.4, -0.2) is 31.6 Å². The van der Waals surface area contributed by atoms with E-state index in [1.807, 2.05) is 30.3 Å². The van der Waals surface area contributed by atoms with Gasteiger partial charge in [-0.2, -0.15) is 0 Å². The number of carbonyl (C=O) groups is 2. The first-order chi connectivity index (χ1) is 8.63.